The van der Waals surface area contributed by atoms with E-state index < -0.39 is 0 Å². The van der Waals surface area contributed by atoms with Crippen molar-refractivity contribution in [2.75, 3.05) is 39.8 Å². The van der Waals surface area contributed by atoms with E-state index in [1.54, 1.807) is 4.90 Å². The summed E-state index contributed by atoms with van der Waals surface area (Å²) in [5.74, 6) is 0.931. The molecule has 0 bridgehead atoms. The topological polar surface area (TPSA) is 35.6 Å². The summed E-state index contributed by atoms with van der Waals surface area (Å²) in [6.07, 6.45) is 2.52. The lowest BCUT2D eigenvalue weighted by molar-refractivity contribution is -0.130. The Balaban J connectivity index is 2.13. The van der Waals surface area contributed by atoms with Gasteiger partial charge in [-0.25, -0.2) is 0 Å². The van der Waals surface area contributed by atoms with Crippen molar-refractivity contribution in [3.05, 3.63) is 0 Å². The van der Waals surface area contributed by atoms with E-state index in [1.165, 1.54) is 25.9 Å². The van der Waals surface area contributed by atoms with Gasteiger partial charge in [-0.05, 0) is 58.8 Å². The normalized spacial score (nSPS) is 18.3. The maximum Gasteiger partial charge on any atom is 0.236 e. The lowest BCUT2D eigenvalue weighted by atomic mass is 9.97. The highest BCUT2D eigenvalue weighted by Gasteiger charge is 2.18. The second-order valence-electron chi connectivity index (χ2n) is 5.61. The summed E-state index contributed by atoms with van der Waals surface area (Å²) in [4.78, 5) is 16.1. The van der Waals surface area contributed by atoms with E-state index in [1.807, 2.05) is 20.9 Å². The molecule has 1 saturated heterocycles. The Kier molecular flexibility index (Phi) is 6.65. The first-order valence-electron chi connectivity index (χ1n) is 7.23. The van der Waals surface area contributed by atoms with E-state index >= 15 is 0 Å². The number of carbonyl (C=O) groups excluding carboxylic acids is 1. The lowest BCUT2D eigenvalue weighted by Crippen LogP contribution is -2.42. The number of piperidine rings is 1. The van der Waals surface area contributed by atoms with Crippen LogP contribution in [0.15, 0.2) is 0 Å². The second-order valence-corrected chi connectivity index (χ2v) is 5.61. The van der Waals surface area contributed by atoms with Crippen LogP contribution >= 0.6 is 0 Å². The van der Waals surface area contributed by atoms with Crippen LogP contribution in [0.5, 0.6) is 0 Å². The molecule has 4 heteroatoms. The molecule has 18 heavy (non-hydrogen) atoms. The number of hydrogen-bond donors (Lipinski definition) is 1. The predicted octanol–water partition coefficient (Wildman–Crippen LogP) is 1.17. The molecule has 0 saturated carbocycles. The standard InChI is InChI=1S/C14H29N3O/c1-5-17-8-6-13(7-9-17)10-15-11-14(18)16(4)12(2)3/h12-13,15H,5-11H2,1-4H3. The quantitative estimate of drug-likeness (QED) is 0.774. The lowest BCUT2D eigenvalue weighted by Gasteiger charge is -2.31. The highest BCUT2D eigenvalue weighted by atomic mass is 16.2. The smallest absolute Gasteiger partial charge is 0.236 e. The van der Waals surface area contributed by atoms with Crippen molar-refractivity contribution in [2.24, 2.45) is 5.92 Å². The third kappa shape index (κ3) is 4.94. The van der Waals surface area contributed by atoms with Crippen LogP contribution in [-0.4, -0.2) is 61.5 Å². The molecule has 1 fully saturated rings. The Hall–Kier alpha value is -0.610. The van der Waals surface area contributed by atoms with Gasteiger partial charge in [0.15, 0.2) is 0 Å². The Morgan fingerprint density at radius 2 is 2.00 bits per heavy atom. The molecule has 1 N–H and O–H groups in total. The fourth-order valence-electron chi connectivity index (χ4n) is 2.30. The van der Waals surface area contributed by atoms with Gasteiger partial charge >= 0.3 is 0 Å². The van der Waals surface area contributed by atoms with Gasteiger partial charge in [0, 0.05) is 13.1 Å². The number of likely N-dealkylation sites (N-methyl/N-ethyl adjacent to an activating group) is 1. The fourth-order valence-corrected chi connectivity index (χ4v) is 2.30. The van der Waals surface area contributed by atoms with Crippen molar-refractivity contribution in [1.29, 1.82) is 0 Å². The largest absolute Gasteiger partial charge is 0.342 e. The highest BCUT2D eigenvalue weighted by molar-refractivity contribution is 5.78. The van der Waals surface area contributed by atoms with Crippen molar-refractivity contribution in [1.82, 2.24) is 15.1 Å². The SMILES string of the molecule is CCN1CCC(CNCC(=O)N(C)C(C)C)CC1. The van der Waals surface area contributed by atoms with Crippen LogP contribution in [0, 0.1) is 5.92 Å². The Morgan fingerprint density at radius 3 is 2.50 bits per heavy atom. The third-order valence-electron chi connectivity index (χ3n) is 4.03. The number of carbonyl (C=O) groups is 1. The van der Waals surface area contributed by atoms with E-state index in [0.717, 1.165) is 19.0 Å². The van der Waals surface area contributed by atoms with Crippen molar-refractivity contribution in [2.45, 2.75) is 39.7 Å². The molecule has 1 aliphatic heterocycles. The number of nitrogens with one attached hydrogen (secondary N) is 1. The molecular formula is C14H29N3O. The summed E-state index contributed by atoms with van der Waals surface area (Å²) in [5, 5.41) is 3.31. The summed E-state index contributed by atoms with van der Waals surface area (Å²) in [6, 6.07) is 0.284. The molecule has 0 atom stereocenters. The molecule has 1 rings (SSSR count). The molecule has 0 radical (unpaired) electrons. The maximum absolute atomic E-state index is 11.8. The van der Waals surface area contributed by atoms with E-state index in [2.05, 4.69) is 17.1 Å². The van der Waals surface area contributed by atoms with Crippen molar-refractivity contribution < 1.29 is 4.79 Å². The first-order valence-corrected chi connectivity index (χ1v) is 7.23. The van der Waals surface area contributed by atoms with Crippen LogP contribution in [-0.2, 0) is 4.79 Å². The molecule has 0 aromatic rings. The van der Waals surface area contributed by atoms with Crippen LogP contribution in [0.25, 0.3) is 0 Å². The number of hydrogen-bond acceptors (Lipinski definition) is 3. The highest BCUT2D eigenvalue weighted by Crippen LogP contribution is 2.15. The Labute approximate surface area is 112 Å². The number of likely N-dealkylation sites (tertiary alicyclic amines) is 1. The average molecular weight is 255 g/mol. The number of nitrogens with zero attached hydrogens (tertiary/aromatic N) is 2. The van der Waals surface area contributed by atoms with Gasteiger partial charge in [0.05, 0.1) is 6.54 Å². The van der Waals surface area contributed by atoms with Gasteiger partial charge in [0.2, 0.25) is 5.91 Å². The summed E-state index contributed by atoms with van der Waals surface area (Å²) < 4.78 is 0. The zero-order chi connectivity index (χ0) is 13.5. The van der Waals surface area contributed by atoms with Crippen LogP contribution in [0.4, 0.5) is 0 Å². The predicted molar refractivity (Wildman–Crippen MR) is 75.6 cm³/mol. The van der Waals surface area contributed by atoms with E-state index in [9.17, 15) is 4.79 Å². The molecule has 0 aromatic carbocycles. The molecule has 1 aliphatic rings. The summed E-state index contributed by atoms with van der Waals surface area (Å²) >= 11 is 0. The molecule has 106 valence electrons. The van der Waals surface area contributed by atoms with Crippen LogP contribution in [0.3, 0.4) is 0 Å². The average Bonchev–Trinajstić information content (AvgIpc) is 2.38. The summed E-state index contributed by atoms with van der Waals surface area (Å²) in [6.45, 7) is 11.3. The maximum atomic E-state index is 11.8. The van der Waals surface area contributed by atoms with Gasteiger partial charge < -0.3 is 15.1 Å². The minimum absolute atomic E-state index is 0.191. The van der Waals surface area contributed by atoms with Gasteiger partial charge in [0.25, 0.3) is 0 Å². The molecule has 1 heterocycles. The van der Waals surface area contributed by atoms with Gasteiger partial charge in [-0.2, -0.15) is 0 Å². The molecule has 0 aliphatic carbocycles. The van der Waals surface area contributed by atoms with Crippen molar-refractivity contribution in [3.63, 3.8) is 0 Å². The van der Waals surface area contributed by atoms with E-state index in [0.29, 0.717) is 6.54 Å². The first kappa shape index (κ1) is 15.4. The van der Waals surface area contributed by atoms with Gasteiger partial charge in [-0.15, -0.1) is 0 Å². The molecule has 4 nitrogen and oxygen atoms in total. The van der Waals surface area contributed by atoms with Crippen LogP contribution in [0.1, 0.15) is 33.6 Å². The Bertz CT molecular complexity index is 247. The molecule has 1 amide bonds. The first-order chi connectivity index (χ1) is 8.54. The molecule has 0 aromatic heterocycles. The monoisotopic (exact) mass is 255 g/mol. The second kappa shape index (κ2) is 7.74. The zero-order valence-corrected chi connectivity index (χ0v) is 12.4. The molecule has 0 spiro atoms. The van der Waals surface area contributed by atoms with Crippen LogP contribution in [0.2, 0.25) is 0 Å². The minimum atomic E-state index is 0.191. The summed E-state index contributed by atoms with van der Waals surface area (Å²) in [5.41, 5.74) is 0. The van der Waals surface area contributed by atoms with Crippen LogP contribution < -0.4 is 5.32 Å². The summed E-state index contributed by atoms with van der Waals surface area (Å²) in [7, 11) is 1.87. The third-order valence-corrected chi connectivity index (χ3v) is 4.03. The number of amides is 1. The molecule has 0 unspecified atom stereocenters. The van der Waals surface area contributed by atoms with Gasteiger partial charge in [0.1, 0.15) is 0 Å². The van der Waals surface area contributed by atoms with Crippen molar-refractivity contribution >= 4 is 5.91 Å². The van der Waals surface area contributed by atoms with Gasteiger partial charge in [-0.1, -0.05) is 6.92 Å². The number of rotatable bonds is 6. The van der Waals surface area contributed by atoms with Gasteiger partial charge in [-0.3, -0.25) is 4.79 Å². The zero-order valence-electron chi connectivity index (χ0n) is 12.4. The Morgan fingerprint density at radius 1 is 1.39 bits per heavy atom. The fraction of sp³-hybridized carbons (Fsp3) is 0.929. The van der Waals surface area contributed by atoms with E-state index in [4.69, 9.17) is 0 Å². The molecular weight excluding hydrogens is 226 g/mol. The van der Waals surface area contributed by atoms with Crippen molar-refractivity contribution in [3.8, 4) is 0 Å². The minimum Gasteiger partial charge on any atom is -0.342 e. The van der Waals surface area contributed by atoms with E-state index in [-0.39, 0.29) is 11.9 Å².